The van der Waals surface area contributed by atoms with Gasteiger partial charge in [-0.2, -0.15) is 0 Å². The predicted octanol–water partition coefficient (Wildman–Crippen LogP) is 3.77. The zero-order valence-corrected chi connectivity index (χ0v) is 12.4. The maximum Gasteiger partial charge on any atom is 0.255 e. The minimum atomic E-state index is -0.108. The SMILES string of the molecule is CN(C)c1cccc(NC(=O)c2ccc(Br)cc2)c1. The molecule has 2 rings (SSSR count). The van der Waals surface area contributed by atoms with Gasteiger partial charge in [-0.05, 0) is 42.5 Å². The lowest BCUT2D eigenvalue weighted by Crippen LogP contribution is -2.13. The number of anilines is 2. The van der Waals surface area contributed by atoms with Crippen molar-refractivity contribution in [3.63, 3.8) is 0 Å². The number of carbonyl (C=O) groups excluding carboxylic acids is 1. The van der Waals surface area contributed by atoms with Crippen LogP contribution in [0.5, 0.6) is 0 Å². The Labute approximate surface area is 121 Å². The van der Waals surface area contributed by atoms with E-state index >= 15 is 0 Å². The van der Waals surface area contributed by atoms with E-state index in [1.54, 1.807) is 12.1 Å². The molecule has 0 saturated heterocycles. The lowest BCUT2D eigenvalue weighted by molar-refractivity contribution is 0.102. The summed E-state index contributed by atoms with van der Waals surface area (Å²) < 4.78 is 0.957. The highest BCUT2D eigenvalue weighted by atomic mass is 79.9. The van der Waals surface area contributed by atoms with Crippen LogP contribution in [0.1, 0.15) is 10.4 Å². The van der Waals surface area contributed by atoms with Crippen molar-refractivity contribution in [3.8, 4) is 0 Å². The molecular weight excluding hydrogens is 304 g/mol. The summed E-state index contributed by atoms with van der Waals surface area (Å²) in [6.07, 6.45) is 0. The van der Waals surface area contributed by atoms with Crippen LogP contribution < -0.4 is 10.2 Å². The summed E-state index contributed by atoms with van der Waals surface area (Å²) in [4.78, 5) is 14.1. The van der Waals surface area contributed by atoms with Crippen LogP contribution in [-0.2, 0) is 0 Å². The van der Waals surface area contributed by atoms with Gasteiger partial charge in [-0.15, -0.1) is 0 Å². The van der Waals surface area contributed by atoms with Gasteiger partial charge in [0.2, 0.25) is 0 Å². The Balaban J connectivity index is 2.14. The van der Waals surface area contributed by atoms with Crippen LogP contribution in [0.15, 0.2) is 53.0 Å². The average molecular weight is 319 g/mol. The second-order valence-corrected chi connectivity index (χ2v) is 5.32. The first-order valence-electron chi connectivity index (χ1n) is 5.90. The van der Waals surface area contributed by atoms with Crippen molar-refractivity contribution in [2.45, 2.75) is 0 Å². The van der Waals surface area contributed by atoms with E-state index in [0.29, 0.717) is 5.56 Å². The van der Waals surface area contributed by atoms with Crippen molar-refractivity contribution in [3.05, 3.63) is 58.6 Å². The lowest BCUT2D eigenvalue weighted by atomic mass is 10.2. The minimum Gasteiger partial charge on any atom is -0.378 e. The van der Waals surface area contributed by atoms with Gasteiger partial charge in [0.15, 0.2) is 0 Å². The summed E-state index contributed by atoms with van der Waals surface area (Å²) in [7, 11) is 3.94. The van der Waals surface area contributed by atoms with Gasteiger partial charge >= 0.3 is 0 Å². The zero-order chi connectivity index (χ0) is 13.8. The molecule has 2 aromatic carbocycles. The number of carbonyl (C=O) groups is 1. The molecule has 19 heavy (non-hydrogen) atoms. The molecule has 0 fully saturated rings. The third-order valence-corrected chi connectivity index (χ3v) is 3.26. The van der Waals surface area contributed by atoms with E-state index in [2.05, 4.69) is 21.2 Å². The number of hydrogen-bond donors (Lipinski definition) is 1. The van der Waals surface area contributed by atoms with Crippen LogP contribution in [0.4, 0.5) is 11.4 Å². The second kappa shape index (κ2) is 5.89. The van der Waals surface area contributed by atoms with E-state index in [9.17, 15) is 4.79 Å². The van der Waals surface area contributed by atoms with E-state index in [4.69, 9.17) is 0 Å². The first-order chi connectivity index (χ1) is 9.06. The molecule has 0 atom stereocenters. The molecule has 0 radical (unpaired) electrons. The first-order valence-corrected chi connectivity index (χ1v) is 6.70. The molecule has 1 amide bonds. The number of nitrogens with one attached hydrogen (secondary N) is 1. The number of rotatable bonds is 3. The summed E-state index contributed by atoms with van der Waals surface area (Å²) in [5.74, 6) is -0.108. The van der Waals surface area contributed by atoms with Crippen LogP contribution >= 0.6 is 15.9 Å². The zero-order valence-electron chi connectivity index (χ0n) is 10.9. The van der Waals surface area contributed by atoms with Gasteiger partial charge in [0, 0.05) is 35.5 Å². The minimum absolute atomic E-state index is 0.108. The molecule has 0 aliphatic rings. The van der Waals surface area contributed by atoms with Crippen molar-refractivity contribution in [1.82, 2.24) is 0 Å². The van der Waals surface area contributed by atoms with Gasteiger partial charge in [0.1, 0.15) is 0 Å². The monoisotopic (exact) mass is 318 g/mol. The van der Waals surface area contributed by atoms with Crippen molar-refractivity contribution < 1.29 is 4.79 Å². The molecule has 4 heteroatoms. The highest BCUT2D eigenvalue weighted by Gasteiger charge is 2.06. The smallest absolute Gasteiger partial charge is 0.255 e. The van der Waals surface area contributed by atoms with E-state index in [1.165, 1.54) is 0 Å². The quantitative estimate of drug-likeness (QED) is 0.934. The van der Waals surface area contributed by atoms with Crippen molar-refractivity contribution in [2.75, 3.05) is 24.3 Å². The maximum absolute atomic E-state index is 12.1. The molecule has 3 nitrogen and oxygen atoms in total. The van der Waals surface area contributed by atoms with E-state index in [1.807, 2.05) is 55.4 Å². The van der Waals surface area contributed by atoms with Crippen LogP contribution in [0.2, 0.25) is 0 Å². The molecule has 0 bridgehead atoms. The molecule has 0 aliphatic heterocycles. The third kappa shape index (κ3) is 3.58. The van der Waals surface area contributed by atoms with E-state index in [-0.39, 0.29) is 5.91 Å². The molecule has 0 saturated carbocycles. The summed E-state index contributed by atoms with van der Waals surface area (Å²) in [6.45, 7) is 0. The van der Waals surface area contributed by atoms with Crippen LogP contribution in [0.25, 0.3) is 0 Å². The molecule has 98 valence electrons. The van der Waals surface area contributed by atoms with Gasteiger partial charge in [0.25, 0.3) is 5.91 Å². The topological polar surface area (TPSA) is 32.3 Å². The highest BCUT2D eigenvalue weighted by Crippen LogP contribution is 2.18. The van der Waals surface area contributed by atoms with Gasteiger partial charge < -0.3 is 10.2 Å². The Bertz CT molecular complexity index is 579. The number of amides is 1. The van der Waals surface area contributed by atoms with Crippen molar-refractivity contribution in [2.24, 2.45) is 0 Å². The Hall–Kier alpha value is -1.81. The molecular formula is C15H15BrN2O. The fourth-order valence-electron chi connectivity index (χ4n) is 1.67. The van der Waals surface area contributed by atoms with Gasteiger partial charge in [0.05, 0.1) is 0 Å². The Morgan fingerprint density at radius 2 is 1.79 bits per heavy atom. The van der Waals surface area contributed by atoms with Crippen LogP contribution in [0.3, 0.4) is 0 Å². The number of nitrogens with zero attached hydrogens (tertiary/aromatic N) is 1. The molecule has 0 aromatic heterocycles. The second-order valence-electron chi connectivity index (χ2n) is 4.41. The molecule has 0 heterocycles. The van der Waals surface area contributed by atoms with Crippen LogP contribution in [0, 0.1) is 0 Å². The van der Waals surface area contributed by atoms with Gasteiger partial charge in [-0.25, -0.2) is 0 Å². The van der Waals surface area contributed by atoms with E-state index < -0.39 is 0 Å². The van der Waals surface area contributed by atoms with E-state index in [0.717, 1.165) is 15.8 Å². The fourth-order valence-corrected chi connectivity index (χ4v) is 1.93. The largest absolute Gasteiger partial charge is 0.378 e. The number of halogens is 1. The van der Waals surface area contributed by atoms with Gasteiger partial charge in [-0.3, -0.25) is 4.79 Å². The molecule has 0 aliphatic carbocycles. The molecule has 0 unspecified atom stereocenters. The number of benzene rings is 2. The van der Waals surface area contributed by atoms with Crippen molar-refractivity contribution in [1.29, 1.82) is 0 Å². The summed E-state index contributed by atoms with van der Waals surface area (Å²) in [6, 6.07) is 15.0. The standard InChI is InChI=1S/C15H15BrN2O/c1-18(2)14-5-3-4-13(10-14)17-15(19)11-6-8-12(16)9-7-11/h3-10H,1-2H3,(H,17,19). The van der Waals surface area contributed by atoms with Crippen LogP contribution in [-0.4, -0.2) is 20.0 Å². The Kier molecular flexibility index (Phi) is 4.22. The van der Waals surface area contributed by atoms with Gasteiger partial charge in [-0.1, -0.05) is 22.0 Å². The third-order valence-electron chi connectivity index (χ3n) is 2.73. The molecule has 2 aromatic rings. The average Bonchev–Trinajstić information content (AvgIpc) is 2.39. The predicted molar refractivity (Wildman–Crippen MR) is 82.9 cm³/mol. The van der Waals surface area contributed by atoms with Crippen molar-refractivity contribution >= 4 is 33.2 Å². The molecule has 0 spiro atoms. The number of hydrogen-bond acceptors (Lipinski definition) is 2. The summed E-state index contributed by atoms with van der Waals surface area (Å²) in [5.41, 5.74) is 2.48. The summed E-state index contributed by atoms with van der Waals surface area (Å²) >= 11 is 3.35. The summed E-state index contributed by atoms with van der Waals surface area (Å²) in [5, 5.41) is 2.89. The maximum atomic E-state index is 12.1. The lowest BCUT2D eigenvalue weighted by Gasteiger charge is -2.14. The normalized spacial score (nSPS) is 10.1. The fraction of sp³-hybridized carbons (Fsp3) is 0.133. The Morgan fingerprint density at radius 1 is 1.11 bits per heavy atom. The highest BCUT2D eigenvalue weighted by molar-refractivity contribution is 9.10. The molecule has 1 N–H and O–H groups in total. The first kappa shape index (κ1) is 13.6. The Morgan fingerprint density at radius 3 is 2.42 bits per heavy atom.